The maximum atomic E-state index is 6.29. The summed E-state index contributed by atoms with van der Waals surface area (Å²) in [6, 6.07) is 10.5. The summed E-state index contributed by atoms with van der Waals surface area (Å²) >= 11 is 0. The fourth-order valence-corrected chi connectivity index (χ4v) is 3.90. The number of rotatable bonds is 10. The first kappa shape index (κ1) is 21.9. The molecule has 1 aromatic rings. The van der Waals surface area contributed by atoms with E-state index in [-0.39, 0.29) is 12.4 Å². The van der Waals surface area contributed by atoms with Crippen molar-refractivity contribution in [1.29, 1.82) is 0 Å². The van der Waals surface area contributed by atoms with Gasteiger partial charge in [-0.15, -0.1) is 0 Å². The highest BCUT2D eigenvalue weighted by Crippen LogP contribution is 2.33. The number of hydrogen-bond acceptors (Lipinski definition) is 2. The molecular formula is C25H38O2. The molecule has 0 fully saturated rings. The Morgan fingerprint density at radius 2 is 1.74 bits per heavy atom. The van der Waals surface area contributed by atoms with Gasteiger partial charge >= 0.3 is 0 Å². The standard InChI is InChI=1S/C25H38O2/c1-18(2)16-23(19(3)4)22-13-14-24(20(5)17-22)27-25(26-6)15-12-21-10-8-7-9-11-21/h7-11,13-14,17-20,23-25H,12,15-16H2,1-6H3. The van der Waals surface area contributed by atoms with Crippen LogP contribution in [0.2, 0.25) is 0 Å². The zero-order chi connectivity index (χ0) is 19.8. The van der Waals surface area contributed by atoms with E-state index < -0.39 is 0 Å². The van der Waals surface area contributed by atoms with Gasteiger partial charge in [0.15, 0.2) is 6.29 Å². The van der Waals surface area contributed by atoms with Crippen molar-refractivity contribution in [2.75, 3.05) is 7.11 Å². The molecule has 0 aromatic heterocycles. The van der Waals surface area contributed by atoms with Gasteiger partial charge in [0.05, 0.1) is 6.10 Å². The van der Waals surface area contributed by atoms with Crippen LogP contribution in [0, 0.1) is 23.7 Å². The Bertz CT molecular complexity index is 600. The summed E-state index contributed by atoms with van der Waals surface area (Å²) in [6.07, 6.45) is 9.94. The molecule has 150 valence electrons. The number of benzene rings is 1. The average Bonchev–Trinajstić information content (AvgIpc) is 2.64. The van der Waals surface area contributed by atoms with Crippen molar-refractivity contribution in [3.05, 3.63) is 59.7 Å². The van der Waals surface area contributed by atoms with Gasteiger partial charge in [-0.2, -0.15) is 0 Å². The highest BCUT2D eigenvalue weighted by Gasteiger charge is 2.26. The second-order valence-corrected chi connectivity index (χ2v) is 8.66. The lowest BCUT2D eigenvalue weighted by molar-refractivity contribution is -0.153. The summed E-state index contributed by atoms with van der Waals surface area (Å²) in [5.74, 6) is 2.37. The minimum atomic E-state index is -0.172. The fraction of sp³-hybridized carbons (Fsp3) is 0.600. The molecule has 0 saturated heterocycles. The Kier molecular flexibility index (Phi) is 8.79. The highest BCUT2D eigenvalue weighted by molar-refractivity contribution is 5.29. The summed E-state index contributed by atoms with van der Waals surface area (Å²) in [7, 11) is 1.74. The van der Waals surface area contributed by atoms with Crippen LogP contribution in [0.25, 0.3) is 0 Å². The number of aryl methyl sites for hydroxylation is 1. The molecule has 4 atom stereocenters. The third-order valence-electron chi connectivity index (χ3n) is 5.49. The number of methoxy groups -OCH3 is 1. The minimum absolute atomic E-state index is 0.0846. The van der Waals surface area contributed by atoms with E-state index in [9.17, 15) is 0 Å². The van der Waals surface area contributed by atoms with Gasteiger partial charge in [0.1, 0.15) is 0 Å². The monoisotopic (exact) mass is 370 g/mol. The van der Waals surface area contributed by atoms with Gasteiger partial charge in [0.25, 0.3) is 0 Å². The van der Waals surface area contributed by atoms with E-state index in [0.29, 0.717) is 23.7 Å². The Labute approximate surface area is 166 Å². The summed E-state index contributed by atoms with van der Waals surface area (Å²) in [5.41, 5.74) is 2.80. The highest BCUT2D eigenvalue weighted by atomic mass is 16.7. The summed E-state index contributed by atoms with van der Waals surface area (Å²) < 4.78 is 11.9. The molecule has 0 aliphatic heterocycles. The zero-order valence-corrected chi connectivity index (χ0v) is 18.0. The van der Waals surface area contributed by atoms with E-state index in [2.05, 4.69) is 83.2 Å². The van der Waals surface area contributed by atoms with Gasteiger partial charge in [-0.3, -0.25) is 0 Å². The van der Waals surface area contributed by atoms with E-state index in [1.807, 2.05) is 0 Å². The van der Waals surface area contributed by atoms with Gasteiger partial charge in [-0.25, -0.2) is 0 Å². The second-order valence-electron chi connectivity index (χ2n) is 8.66. The lowest BCUT2D eigenvalue weighted by Crippen LogP contribution is -2.29. The number of allylic oxidation sites excluding steroid dienone is 2. The van der Waals surface area contributed by atoms with Crippen LogP contribution >= 0.6 is 0 Å². The van der Waals surface area contributed by atoms with Crippen molar-refractivity contribution in [3.63, 3.8) is 0 Å². The van der Waals surface area contributed by atoms with Crippen LogP contribution in [0.4, 0.5) is 0 Å². The lowest BCUT2D eigenvalue weighted by Gasteiger charge is -2.31. The summed E-state index contributed by atoms with van der Waals surface area (Å²) in [5, 5.41) is 0. The van der Waals surface area contributed by atoms with E-state index in [1.165, 1.54) is 17.6 Å². The molecule has 0 saturated carbocycles. The lowest BCUT2D eigenvalue weighted by atomic mass is 9.78. The van der Waals surface area contributed by atoms with Gasteiger partial charge < -0.3 is 9.47 Å². The molecule has 27 heavy (non-hydrogen) atoms. The van der Waals surface area contributed by atoms with Crippen molar-refractivity contribution in [3.8, 4) is 0 Å². The van der Waals surface area contributed by atoms with Crippen LogP contribution < -0.4 is 0 Å². The Balaban J connectivity index is 1.94. The van der Waals surface area contributed by atoms with E-state index >= 15 is 0 Å². The van der Waals surface area contributed by atoms with Crippen molar-refractivity contribution in [2.24, 2.45) is 23.7 Å². The molecule has 1 aliphatic rings. The molecule has 0 heterocycles. The van der Waals surface area contributed by atoms with E-state index in [0.717, 1.165) is 12.8 Å². The first-order chi connectivity index (χ1) is 12.9. The molecule has 2 heteroatoms. The number of hydrogen-bond donors (Lipinski definition) is 0. The van der Waals surface area contributed by atoms with Gasteiger partial charge in [-0.1, -0.05) is 83.2 Å². The molecule has 2 rings (SSSR count). The van der Waals surface area contributed by atoms with Crippen molar-refractivity contribution < 1.29 is 9.47 Å². The fourth-order valence-electron chi connectivity index (χ4n) is 3.90. The zero-order valence-electron chi connectivity index (χ0n) is 18.0. The molecule has 4 unspecified atom stereocenters. The summed E-state index contributed by atoms with van der Waals surface area (Å²) in [6.45, 7) is 11.5. The minimum Gasteiger partial charge on any atom is -0.356 e. The van der Waals surface area contributed by atoms with E-state index in [4.69, 9.17) is 9.47 Å². The molecule has 0 spiro atoms. The molecule has 1 aromatic carbocycles. The SMILES string of the molecule is COC(CCc1ccccc1)OC1C=CC(C(CC(C)C)C(C)C)=CC1C. The van der Waals surface area contributed by atoms with Crippen LogP contribution in [0.1, 0.15) is 53.0 Å². The average molecular weight is 371 g/mol. The quantitative estimate of drug-likeness (QED) is 0.442. The predicted molar refractivity (Wildman–Crippen MR) is 115 cm³/mol. The topological polar surface area (TPSA) is 18.5 Å². The third-order valence-corrected chi connectivity index (χ3v) is 5.49. The normalized spacial score (nSPS) is 22.1. The second kappa shape index (κ2) is 10.8. The molecule has 0 N–H and O–H groups in total. The maximum Gasteiger partial charge on any atom is 0.158 e. The van der Waals surface area contributed by atoms with Gasteiger partial charge in [0.2, 0.25) is 0 Å². The first-order valence-electron chi connectivity index (χ1n) is 10.5. The van der Waals surface area contributed by atoms with Crippen LogP contribution in [0.3, 0.4) is 0 Å². The van der Waals surface area contributed by atoms with E-state index in [1.54, 1.807) is 7.11 Å². The Morgan fingerprint density at radius 1 is 1.04 bits per heavy atom. The van der Waals surface area contributed by atoms with Crippen molar-refractivity contribution >= 4 is 0 Å². The summed E-state index contributed by atoms with van der Waals surface area (Å²) in [4.78, 5) is 0. The Morgan fingerprint density at radius 3 is 2.30 bits per heavy atom. The van der Waals surface area contributed by atoms with Gasteiger partial charge in [-0.05, 0) is 41.7 Å². The van der Waals surface area contributed by atoms with Crippen LogP contribution in [0.15, 0.2) is 54.1 Å². The first-order valence-corrected chi connectivity index (χ1v) is 10.5. The molecule has 0 amide bonds. The molecule has 0 bridgehead atoms. The van der Waals surface area contributed by atoms with Crippen LogP contribution in [-0.2, 0) is 15.9 Å². The predicted octanol–water partition coefficient (Wildman–Crippen LogP) is 6.43. The number of ether oxygens (including phenoxy) is 2. The van der Waals surface area contributed by atoms with Crippen LogP contribution in [-0.4, -0.2) is 19.5 Å². The molecule has 0 radical (unpaired) electrons. The van der Waals surface area contributed by atoms with Crippen molar-refractivity contribution in [1.82, 2.24) is 0 Å². The molecular weight excluding hydrogens is 332 g/mol. The van der Waals surface area contributed by atoms with Crippen molar-refractivity contribution in [2.45, 2.75) is 66.3 Å². The molecule has 1 aliphatic carbocycles. The van der Waals surface area contributed by atoms with Gasteiger partial charge in [0, 0.05) is 19.4 Å². The third kappa shape index (κ3) is 6.93. The largest absolute Gasteiger partial charge is 0.356 e. The maximum absolute atomic E-state index is 6.29. The smallest absolute Gasteiger partial charge is 0.158 e. The van der Waals surface area contributed by atoms with Crippen LogP contribution in [0.5, 0.6) is 0 Å². The Hall–Kier alpha value is -1.38. The molecule has 2 nitrogen and oxygen atoms in total.